The summed E-state index contributed by atoms with van der Waals surface area (Å²) < 4.78 is 33.0. The first-order valence-electron chi connectivity index (χ1n) is 12.1. The van der Waals surface area contributed by atoms with E-state index in [1.165, 1.54) is 52.6 Å². The summed E-state index contributed by atoms with van der Waals surface area (Å²) in [6.45, 7) is 0.751. The zero-order valence-corrected chi connectivity index (χ0v) is 21.7. The number of carbonyl (C=O) groups is 2. The van der Waals surface area contributed by atoms with Crippen LogP contribution in [-0.2, 0) is 40.6 Å². The molecular formula is C27H28N2O5S2. The molecule has 2 aromatic carbocycles. The number of thiophene rings is 1. The topological polar surface area (TPSA) is 92.8 Å². The fraction of sp³-hybridized carbons (Fsp3) is 0.333. The second-order valence-corrected chi connectivity index (χ2v) is 12.1. The number of carbonyl (C=O) groups excluding carboxylic acids is 2. The number of fused-ring (bicyclic) bond motifs is 2. The fourth-order valence-electron chi connectivity index (χ4n) is 4.93. The molecule has 0 radical (unpaired) electrons. The highest BCUT2D eigenvalue weighted by Crippen LogP contribution is 2.38. The van der Waals surface area contributed by atoms with Crippen molar-refractivity contribution in [3.05, 3.63) is 81.2 Å². The van der Waals surface area contributed by atoms with E-state index in [9.17, 15) is 18.0 Å². The highest BCUT2D eigenvalue weighted by atomic mass is 32.2. The summed E-state index contributed by atoms with van der Waals surface area (Å²) in [6.07, 6.45) is 5.51. The Labute approximate surface area is 215 Å². The van der Waals surface area contributed by atoms with Crippen molar-refractivity contribution in [1.29, 1.82) is 0 Å². The Hall–Kier alpha value is -3.01. The maximum absolute atomic E-state index is 13.2. The number of anilines is 1. The molecule has 0 unspecified atom stereocenters. The van der Waals surface area contributed by atoms with Gasteiger partial charge in [0.05, 0.1) is 17.6 Å². The standard InChI is InChI=1S/C27H28N2O5S2/c1-34-27(31)24-22-9-3-2-4-10-23(22)35-26(24)28-25(30)19-11-13-21(14-12-19)36(32,33)29-16-15-18-7-5-6-8-20(18)17-29/h5-8,11-14H,2-4,9-10,15-17H2,1H3,(H,28,30). The maximum atomic E-state index is 13.2. The van der Waals surface area contributed by atoms with E-state index in [1.54, 1.807) is 0 Å². The van der Waals surface area contributed by atoms with Crippen LogP contribution in [0.2, 0.25) is 0 Å². The monoisotopic (exact) mass is 524 g/mol. The number of hydrogen-bond donors (Lipinski definition) is 1. The molecule has 1 aromatic heterocycles. The molecule has 0 atom stereocenters. The number of rotatable bonds is 5. The summed E-state index contributed by atoms with van der Waals surface area (Å²) in [5, 5.41) is 3.36. The van der Waals surface area contributed by atoms with Crippen molar-refractivity contribution >= 4 is 38.2 Å². The predicted octanol–water partition coefficient (Wildman–Crippen LogP) is 4.80. The first-order chi connectivity index (χ1) is 17.4. The first-order valence-corrected chi connectivity index (χ1v) is 14.4. The molecule has 1 aliphatic carbocycles. The van der Waals surface area contributed by atoms with E-state index in [0.29, 0.717) is 35.6 Å². The molecule has 0 saturated heterocycles. The van der Waals surface area contributed by atoms with Crippen molar-refractivity contribution in [3.63, 3.8) is 0 Å². The lowest BCUT2D eigenvalue weighted by molar-refractivity contribution is 0.0601. The molecule has 188 valence electrons. The third-order valence-electron chi connectivity index (χ3n) is 6.89. The van der Waals surface area contributed by atoms with Gasteiger partial charge in [0.2, 0.25) is 10.0 Å². The third kappa shape index (κ3) is 4.70. The van der Waals surface area contributed by atoms with E-state index in [0.717, 1.165) is 48.1 Å². The molecule has 36 heavy (non-hydrogen) atoms. The molecule has 9 heteroatoms. The Morgan fingerprint density at radius 1 is 0.944 bits per heavy atom. The number of amides is 1. The number of benzene rings is 2. The van der Waals surface area contributed by atoms with E-state index in [-0.39, 0.29) is 4.90 Å². The van der Waals surface area contributed by atoms with Crippen LogP contribution < -0.4 is 5.32 Å². The average molecular weight is 525 g/mol. The van der Waals surface area contributed by atoms with Crippen LogP contribution in [0.1, 0.15) is 61.5 Å². The van der Waals surface area contributed by atoms with Crippen molar-refractivity contribution in [2.45, 2.75) is 50.0 Å². The molecule has 1 aliphatic heterocycles. The normalized spacial score (nSPS) is 15.9. The first kappa shape index (κ1) is 24.7. The lowest BCUT2D eigenvalue weighted by Gasteiger charge is -2.28. The van der Waals surface area contributed by atoms with Crippen molar-refractivity contribution in [1.82, 2.24) is 4.31 Å². The van der Waals surface area contributed by atoms with Gasteiger partial charge in [-0.1, -0.05) is 30.7 Å². The van der Waals surface area contributed by atoms with Crippen molar-refractivity contribution in [3.8, 4) is 0 Å². The molecule has 0 saturated carbocycles. The van der Waals surface area contributed by atoms with Crippen LogP contribution in [0.4, 0.5) is 5.00 Å². The largest absolute Gasteiger partial charge is 0.465 e. The molecule has 2 aliphatic rings. The van der Waals surface area contributed by atoms with Crippen molar-refractivity contribution in [2.75, 3.05) is 19.0 Å². The van der Waals surface area contributed by atoms with E-state index in [1.807, 2.05) is 24.3 Å². The molecular weight excluding hydrogens is 496 g/mol. The highest BCUT2D eigenvalue weighted by Gasteiger charge is 2.29. The maximum Gasteiger partial charge on any atom is 0.341 e. The van der Waals surface area contributed by atoms with Crippen molar-refractivity contribution < 1.29 is 22.7 Å². The minimum atomic E-state index is -3.69. The summed E-state index contributed by atoms with van der Waals surface area (Å²) >= 11 is 1.43. The molecule has 0 fully saturated rings. The van der Waals surface area contributed by atoms with Crippen LogP contribution in [0.3, 0.4) is 0 Å². The summed E-state index contributed by atoms with van der Waals surface area (Å²) in [4.78, 5) is 26.9. The van der Waals surface area contributed by atoms with Gasteiger partial charge in [0, 0.05) is 23.5 Å². The third-order valence-corrected chi connectivity index (χ3v) is 9.95. The molecule has 1 amide bonds. The fourth-order valence-corrected chi connectivity index (χ4v) is 7.62. The number of hydrogen-bond acceptors (Lipinski definition) is 6. The molecule has 0 bridgehead atoms. The van der Waals surface area contributed by atoms with Gasteiger partial charge in [-0.15, -0.1) is 11.3 Å². The average Bonchev–Trinajstić information content (AvgIpc) is 3.07. The lowest BCUT2D eigenvalue weighted by atomic mass is 10.0. The van der Waals surface area contributed by atoms with Crippen LogP contribution in [-0.4, -0.2) is 38.3 Å². The predicted molar refractivity (Wildman–Crippen MR) is 139 cm³/mol. The zero-order valence-electron chi connectivity index (χ0n) is 20.1. The molecule has 2 heterocycles. The molecule has 3 aromatic rings. The Morgan fingerprint density at radius 3 is 2.42 bits per heavy atom. The lowest BCUT2D eigenvalue weighted by Crippen LogP contribution is -2.35. The SMILES string of the molecule is COC(=O)c1c(NC(=O)c2ccc(S(=O)(=O)N3CCc4ccccc4C3)cc2)sc2c1CCCCC2. The Balaban J connectivity index is 1.35. The van der Waals surface area contributed by atoms with E-state index in [2.05, 4.69) is 5.32 Å². The van der Waals surface area contributed by atoms with Gasteiger partial charge >= 0.3 is 5.97 Å². The second kappa shape index (κ2) is 10.2. The van der Waals surface area contributed by atoms with Gasteiger partial charge in [0.1, 0.15) is 5.00 Å². The van der Waals surface area contributed by atoms with Crippen molar-refractivity contribution in [2.24, 2.45) is 0 Å². The number of methoxy groups -OCH3 is 1. The number of aryl methyl sites for hydroxylation is 1. The minimum absolute atomic E-state index is 0.150. The Kier molecular flexibility index (Phi) is 6.96. The Bertz CT molecular complexity index is 1410. The number of nitrogens with zero attached hydrogens (tertiary/aromatic N) is 1. The van der Waals surface area contributed by atoms with Crippen LogP contribution in [0.15, 0.2) is 53.4 Å². The van der Waals surface area contributed by atoms with E-state index < -0.39 is 21.9 Å². The van der Waals surface area contributed by atoms with Gasteiger partial charge in [0.25, 0.3) is 5.91 Å². The van der Waals surface area contributed by atoms with Crippen LogP contribution in [0.25, 0.3) is 0 Å². The second-order valence-electron chi connectivity index (χ2n) is 9.10. The van der Waals surface area contributed by atoms with Crippen LogP contribution in [0.5, 0.6) is 0 Å². The summed E-state index contributed by atoms with van der Waals surface area (Å²) in [5.41, 5.74) is 3.92. The van der Waals surface area contributed by atoms with Gasteiger partial charge in [-0.3, -0.25) is 4.79 Å². The molecule has 1 N–H and O–H groups in total. The van der Waals surface area contributed by atoms with Gasteiger partial charge in [-0.2, -0.15) is 4.31 Å². The quantitative estimate of drug-likeness (QED) is 0.382. The number of nitrogens with one attached hydrogen (secondary N) is 1. The Morgan fingerprint density at radius 2 is 1.67 bits per heavy atom. The number of esters is 1. The smallest absolute Gasteiger partial charge is 0.341 e. The van der Waals surface area contributed by atoms with Gasteiger partial charge in [-0.05, 0) is 73.1 Å². The van der Waals surface area contributed by atoms with E-state index in [4.69, 9.17) is 4.74 Å². The summed E-state index contributed by atoms with van der Waals surface area (Å²) in [6, 6.07) is 13.8. The van der Waals surface area contributed by atoms with Gasteiger partial charge in [0.15, 0.2) is 0 Å². The molecule has 0 spiro atoms. The summed E-state index contributed by atoms with van der Waals surface area (Å²) in [7, 11) is -2.35. The molecule has 5 rings (SSSR count). The van der Waals surface area contributed by atoms with Gasteiger partial charge < -0.3 is 10.1 Å². The number of sulfonamides is 1. The van der Waals surface area contributed by atoms with Gasteiger partial charge in [-0.25, -0.2) is 13.2 Å². The highest BCUT2D eigenvalue weighted by molar-refractivity contribution is 7.89. The summed E-state index contributed by atoms with van der Waals surface area (Å²) in [5.74, 6) is -0.846. The van der Waals surface area contributed by atoms with E-state index >= 15 is 0 Å². The zero-order chi connectivity index (χ0) is 25.3. The van der Waals surface area contributed by atoms with Crippen LogP contribution in [0, 0.1) is 0 Å². The number of ether oxygens (including phenoxy) is 1. The van der Waals surface area contributed by atoms with Crippen LogP contribution >= 0.6 is 11.3 Å². The minimum Gasteiger partial charge on any atom is -0.465 e. The molecule has 7 nitrogen and oxygen atoms in total.